The minimum absolute atomic E-state index is 0.0287. The van der Waals surface area contributed by atoms with Crippen LogP contribution < -0.4 is 15.2 Å². The fourth-order valence-corrected chi connectivity index (χ4v) is 7.58. The summed E-state index contributed by atoms with van der Waals surface area (Å²) < 4.78 is 43.4. The molecule has 4 aliphatic rings. The molecule has 0 aliphatic carbocycles. The molecule has 4 atom stereocenters. The molecule has 11 heteroatoms. The molecule has 43 heavy (non-hydrogen) atoms. The van der Waals surface area contributed by atoms with Crippen molar-refractivity contribution >= 4 is 27.6 Å². The highest BCUT2D eigenvalue weighted by Crippen LogP contribution is 2.41. The monoisotopic (exact) mass is 584 g/mol. The van der Waals surface area contributed by atoms with Crippen molar-refractivity contribution in [2.24, 2.45) is 0 Å². The first kappa shape index (κ1) is 26.5. The van der Waals surface area contributed by atoms with Crippen molar-refractivity contribution < 1.29 is 18.3 Å². The van der Waals surface area contributed by atoms with Gasteiger partial charge in [-0.3, -0.25) is 14.7 Å². The summed E-state index contributed by atoms with van der Waals surface area (Å²) in [4.78, 5) is 33.5. The predicted octanol–water partition coefficient (Wildman–Crippen LogP) is 3.98. The number of anilines is 1. The summed E-state index contributed by atoms with van der Waals surface area (Å²) >= 11 is 0. The lowest BCUT2D eigenvalue weighted by Gasteiger charge is -2.34. The number of rotatable bonds is 5. The Bertz CT molecular complexity index is 1860. The molecule has 8 rings (SSSR count). The van der Waals surface area contributed by atoms with E-state index in [0.29, 0.717) is 53.7 Å². The SMILES string of the molecule is C#Cc1cccc2[nH]c(=O)cc(-c3ncc4c(N5CC6CCC(C5)O6)nc(OC[C@@]56CCCN5C[C@H](F)C6)nc4c3F)c12. The van der Waals surface area contributed by atoms with Gasteiger partial charge in [-0.25, -0.2) is 8.78 Å². The second-order valence-corrected chi connectivity index (χ2v) is 12.2. The van der Waals surface area contributed by atoms with E-state index in [1.165, 1.54) is 6.07 Å². The number of hydrogen-bond acceptors (Lipinski definition) is 8. The van der Waals surface area contributed by atoms with Crippen molar-refractivity contribution in [2.75, 3.05) is 37.7 Å². The Balaban J connectivity index is 1.27. The van der Waals surface area contributed by atoms with Gasteiger partial charge in [-0.05, 0) is 44.4 Å². The largest absolute Gasteiger partial charge is 0.461 e. The van der Waals surface area contributed by atoms with Crippen molar-refractivity contribution in [2.45, 2.75) is 56.0 Å². The number of hydrogen-bond donors (Lipinski definition) is 1. The smallest absolute Gasteiger partial charge is 0.319 e. The Kier molecular flexibility index (Phi) is 6.14. The van der Waals surface area contributed by atoms with Crippen LogP contribution >= 0.6 is 0 Å². The van der Waals surface area contributed by atoms with Crippen LogP contribution in [0.2, 0.25) is 0 Å². The molecule has 3 aromatic heterocycles. The Labute approximate surface area is 246 Å². The van der Waals surface area contributed by atoms with E-state index in [1.807, 2.05) is 0 Å². The first-order chi connectivity index (χ1) is 20.9. The van der Waals surface area contributed by atoms with E-state index >= 15 is 4.39 Å². The van der Waals surface area contributed by atoms with Gasteiger partial charge < -0.3 is 19.4 Å². The van der Waals surface area contributed by atoms with E-state index in [1.54, 1.807) is 24.4 Å². The normalized spacial score (nSPS) is 26.7. The molecule has 1 N–H and O–H groups in total. The number of morpholine rings is 1. The number of nitrogens with one attached hydrogen (secondary N) is 1. The highest BCUT2D eigenvalue weighted by atomic mass is 19.1. The molecule has 4 saturated heterocycles. The number of H-pyrrole nitrogens is 1. The predicted molar refractivity (Wildman–Crippen MR) is 157 cm³/mol. The van der Waals surface area contributed by atoms with Crippen molar-refractivity contribution in [3.63, 3.8) is 0 Å². The van der Waals surface area contributed by atoms with Crippen LogP contribution in [0, 0.1) is 18.2 Å². The molecule has 4 aliphatic heterocycles. The van der Waals surface area contributed by atoms with Gasteiger partial charge in [-0.1, -0.05) is 12.0 Å². The Morgan fingerprint density at radius 1 is 1.21 bits per heavy atom. The fraction of sp³-hybridized carbons (Fsp3) is 0.438. The topological polar surface area (TPSA) is 96.5 Å². The first-order valence-corrected chi connectivity index (χ1v) is 14.8. The third-order valence-electron chi connectivity index (χ3n) is 9.50. The molecule has 7 heterocycles. The molecule has 2 bridgehead atoms. The summed E-state index contributed by atoms with van der Waals surface area (Å²) in [7, 11) is 0. The van der Waals surface area contributed by atoms with Gasteiger partial charge in [0.2, 0.25) is 5.56 Å². The van der Waals surface area contributed by atoms with Gasteiger partial charge in [0.05, 0.1) is 28.6 Å². The van der Waals surface area contributed by atoms with Crippen LogP contribution in [0.1, 0.15) is 37.7 Å². The minimum Gasteiger partial charge on any atom is -0.461 e. The van der Waals surface area contributed by atoms with Gasteiger partial charge in [0.15, 0.2) is 5.82 Å². The lowest BCUT2D eigenvalue weighted by Crippen LogP contribution is -2.44. The second-order valence-electron chi connectivity index (χ2n) is 12.2. The van der Waals surface area contributed by atoms with Gasteiger partial charge in [0.1, 0.15) is 29.8 Å². The third kappa shape index (κ3) is 4.34. The number of aromatic nitrogens is 4. The van der Waals surface area contributed by atoms with Crippen LogP contribution in [0.3, 0.4) is 0 Å². The fourth-order valence-electron chi connectivity index (χ4n) is 7.58. The van der Waals surface area contributed by atoms with Gasteiger partial charge in [-0.2, -0.15) is 9.97 Å². The molecule has 4 aromatic rings. The van der Waals surface area contributed by atoms with E-state index in [-0.39, 0.29) is 41.6 Å². The average Bonchev–Trinajstić information content (AvgIpc) is 3.65. The Morgan fingerprint density at radius 2 is 2.05 bits per heavy atom. The van der Waals surface area contributed by atoms with Crippen LogP contribution in [0.5, 0.6) is 6.01 Å². The minimum atomic E-state index is -0.899. The number of benzene rings is 1. The van der Waals surface area contributed by atoms with Gasteiger partial charge >= 0.3 is 6.01 Å². The van der Waals surface area contributed by atoms with Crippen molar-refractivity contribution in [1.82, 2.24) is 24.8 Å². The number of alkyl halides is 1. The zero-order valence-electron chi connectivity index (χ0n) is 23.5. The number of aromatic amines is 1. The maximum absolute atomic E-state index is 16.7. The van der Waals surface area contributed by atoms with Crippen molar-refractivity contribution in [3.05, 3.63) is 52.2 Å². The molecule has 4 fully saturated rings. The van der Waals surface area contributed by atoms with E-state index in [2.05, 4.69) is 30.7 Å². The molecule has 0 radical (unpaired) electrons. The maximum Gasteiger partial charge on any atom is 0.319 e. The van der Waals surface area contributed by atoms with Crippen LogP contribution in [-0.2, 0) is 4.74 Å². The third-order valence-corrected chi connectivity index (χ3v) is 9.50. The van der Waals surface area contributed by atoms with Crippen molar-refractivity contribution in [1.29, 1.82) is 0 Å². The Hall–Kier alpha value is -4.14. The van der Waals surface area contributed by atoms with E-state index in [4.69, 9.17) is 20.9 Å². The van der Waals surface area contributed by atoms with E-state index in [9.17, 15) is 9.18 Å². The van der Waals surface area contributed by atoms with Crippen LogP contribution in [0.15, 0.2) is 35.3 Å². The molecule has 220 valence electrons. The number of nitrogens with zero attached hydrogens (tertiary/aromatic N) is 5. The maximum atomic E-state index is 16.7. The molecule has 9 nitrogen and oxygen atoms in total. The Morgan fingerprint density at radius 3 is 2.86 bits per heavy atom. The van der Waals surface area contributed by atoms with Crippen LogP contribution in [0.25, 0.3) is 33.1 Å². The lowest BCUT2D eigenvalue weighted by atomic mass is 9.95. The number of fused-ring (bicyclic) bond motifs is 5. The number of pyridine rings is 2. The van der Waals surface area contributed by atoms with Crippen molar-refractivity contribution in [3.8, 4) is 29.6 Å². The molecule has 1 aromatic carbocycles. The average molecular weight is 585 g/mol. The summed E-state index contributed by atoms with van der Waals surface area (Å²) in [5.41, 5.74) is 0.444. The number of halogens is 2. The first-order valence-electron chi connectivity index (χ1n) is 14.8. The zero-order valence-corrected chi connectivity index (χ0v) is 23.5. The van der Waals surface area contributed by atoms with E-state index < -0.39 is 23.1 Å². The molecular weight excluding hydrogens is 554 g/mol. The molecular formula is C32H30F2N6O3. The number of ether oxygens (including phenoxy) is 2. The highest BCUT2D eigenvalue weighted by molar-refractivity contribution is 6.00. The standard InChI is InChI=1S/C32H30F2N6O3/c1-2-18-5-3-6-24-26(18)22(11-25(41)36-24)28-27(34)29-23(13-35-28)30(39-15-20-7-8-21(16-39)43-20)38-31(37-29)42-17-32-9-4-10-40(32)14-19(33)12-32/h1,3,5-6,11,13,19-21H,4,7-10,12,14-17H2,(H,36,41)/t19-,20?,21?,32+/m1/s1. The molecule has 2 unspecified atom stereocenters. The summed E-state index contributed by atoms with van der Waals surface area (Å²) in [6.45, 7) is 2.67. The number of terminal acetylenes is 1. The lowest BCUT2D eigenvalue weighted by molar-refractivity contribution is 0.0302. The van der Waals surface area contributed by atoms with Crippen LogP contribution in [-0.4, -0.2) is 81.5 Å². The second kappa shape index (κ2) is 9.96. The van der Waals surface area contributed by atoms with Gasteiger partial charge in [0.25, 0.3) is 0 Å². The molecule has 0 amide bonds. The van der Waals surface area contributed by atoms with Gasteiger partial charge in [-0.15, -0.1) is 6.42 Å². The van der Waals surface area contributed by atoms with E-state index in [0.717, 1.165) is 32.2 Å². The molecule has 0 spiro atoms. The molecule has 0 saturated carbocycles. The van der Waals surface area contributed by atoms with Gasteiger partial charge in [0, 0.05) is 54.8 Å². The van der Waals surface area contributed by atoms with Crippen LogP contribution in [0.4, 0.5) is 14.6 Å². The quantitative estimate of drug-likeness (QED) is 0.352. The summed E-state index contributed by atoms with van der Waals surface area (Å²) in [5, 5.41) is 0.958. The highest BCUT2D eigenvalue weighted by Gasteiger charge is 2.49. The zero-order chi connectivity index (χ0) is 29.3. The summed E-state index contributed by atoms with van der Waals surface area (Å²) in [6, 6.07) is 6.52. The summed E-state index contributed by atoms with van der Waals surface area (Å²) in [5.74, 6) is 2.45. The summed E-state index contributed by atoms with van der Waals surface area (Å²) in [6.07, 6.45) is 10.7.